The highest BCUT2D eigenvalue weighted by Crippen LogP contribution is 2.36. The molecule has 1 unspecified atom stereocenters. The standard InChI is InChI=1S/C24H30FN5O2/c1-26-7-9-29(2)24-5-4-17(13-27-24)20-11-22(30-8-6-16(14-30)15-31)18-10-19(25)23(32-3)12-21(18)28-20/h4-5,10-13,16,26,31H,6-9,14-15H2,1-3H3. The molecule has 0 radical (unpaired) electrons. The van der Waals surface area contributed by atoms with Crippen molar-refractivity contribution in [3.63, 3.8) is 0 Å². The molecule has 0 spiro atoms. The Labute approximate surface area is 187 Å². The Morgan fingerprint density at radius 2 is 2.16 bits per heavy atom. The number of methoxy groups -OCH3 is 1. The molecule has 0 saturated carbocycles. The number of nitrogens with zero attached hydrogens (tertiary/aromatic N) is 4. The number of ether oxygens (including phenoxy) is 1. The Balaban J connectivity index is 1.75. The van der Waals surface area contributed by atoms with Gasteiger partial charge >= 0.3 is 0 Å². The molecule has 0 bridgehead atoms. The second-order valence-electron chi connectivity index (χ2n) is 8.24. The number of hydrogen-bond acceptors (Lipinski definition) is 7. The summed E-state index contributed by atoms with van der Waals surface area (Å²) in [5.41, 5.74) is 3.24. The Hall–Kier alpha value is -2.97. The van der Waals surface area contributed by atoms with E-state index < -0.39 is 5.82 Å². The molecule has 2 N–H and O–H groups in total. The van der Waals surface area contributed by atoms with Crippen LogP contribution in [-0.4, -0.2) is 69.1 Å². The van der Waals surface area contributed by atoms with Crippen molar-refractivity contribution in [1.82, 2.24) is 15.3 Å². The van der Waals surface area contributed by atoms with Crippen LogP contribution in [0.5, 0.6) is 5.75 Å². The number of anilines is 2. The predicted molar refractivity (Wildman–Crippen MR) is 126 cm³/mol. The van der Waals surface area contributed by atoms with Gasteiger partial charge in [-0.2, -0.15) is 0 Å². The molecule has 1 fully saturated rings. The van der Waals surface area contributed by atoms with E-state index in [-0.39, 0.29) is 18.3 Å². The molecule has 3 heterocycles. The smallest absolute Gasteiger partial charge is 0.165 e. The van der Waals surface area contributed by atoms with Crippen molar-refractivity contribution in [3.05, 3.63) is 42.3 Å². The molecule has 1 aliphatic heterocycles. The van der Waals surface area contributed by atoms with Crippen LogP contribution in [-0.2, 0) is 0 Å². The number of nitrogens with one attached hydrogen (secondary N) is 1. The minimum absolute atomic E-state index is 0.154. The van der Waals surface area contributed by atoms with Crippen LogP contribution in [0.25, 0.3) is 22.2 Å². The molecule has 1 aromatic carbocycles. The molecule has 1 aliphatic rings. The minimum Gasteiger partial charge on any atom is -0.494 e. The van der Waals surface area contributed by atoms with Gasteiger partial charge in [0.1, 0.15) is 5.82 Å². The molecule has 7 nitrogen and oxygen atoms in total. The van der Waals surface area contributed by atoms with Crippen molar-refractivity contribution in [2.24, 2.45) is 5.92 Å². The van der Waals surface area contributed by atoms with E-state index in [4.69, 9.17) is 9.72 Å². The molecule has 8 heteroatoms. The zero-order chi connectivity index (χ0) is 22.7. The van der Waals surface area contributed by atoms with Gasteiger partial charge in [0.05, 0.1) is 18.3 Å². The van der Waals surface area contributed by atoms with Crippen molar-refractivity contribution < 1.29 is 14.2 Å². The normalized spacial score (nSPS) is 16.0. The van der Waals surface area contributed by atoms with Gasteiger partial charge in [-0.3, -0.25) is 0 Å². The number of aromatic nitrogens is 2. The number of likely N-dealkylation sites (N-methyl/N-ethyl adjacent to an activating group) is 2. The Morgan fingerprint density at radius 1 is 1.31 bits per heavy atom. The summed E-state index contributed by atoms with van der Waals surface area (Å²) in [5.74, 6) is 0.865. The highest BCUT2D eigenvalue weighted by atomic mass is 19.1. The Bertz CT molecular complexity index is 1080. The summed E-state index contributed by atoms with van der Waals surface area (Å²) in [5, 5.41) is 13.5. The third-order valence-corrected chi connectivity index (χ3v) is 6.08. The fourth-order valence-corrected chi connectivity index (χ4v) is 4.13. The van der Waals surface area contributed by atoms with Crippen molar-refractivity contribution in [3.8, 4) is 17.0 Å². The summed E-state index contributed by atoms with van der Waals surface area (Å²) in [6.45, 7) is 3.42. The molecule has 0 aliphatic carbocycles. The van der Waals surface area contributed by atoms with E-state index >= 15 is 0 Å². The predicted octanol–water partition coefficient (Wildman–Crippen LogP) is 2.92. The lowest BCUT2D eigenvalue weighted by Gasteiger charge is -2.22. The number of aliphatic hydroxyl groups is 1. The van der Waals surface area contributed by atoms with E-state index in [9.17, 15) is 9.50 Å². The topological polar surface area (TPSA) is 73.8 Å². The van der Waals surface area contributed by atoms with Crippen molar-refractivity contribution in [1.29, 1.82) is 0 Å². The van der Waals surface area contributed by atoms with Crippen molar-refractivity contribution in [2.75, 3.05) is 63.8 Å². The fraction of sp³-hybridized carbons (Fsp3) is 0.417. The van der Waals surface area contributed by atoms with E-state index in [0.29, 0.717) is 5.52 Å². The first-order valence-electron chi connectivity index (χ1n) is 10.9. The molecular weight excluding hydrogens is 409 g/mol. The highest BCUT2D eigenvalue weighted by molar-refractivity contribution is 5.95. The largest absolute Gasteiger partial charge is 0.494 e. The van der Waals surface area contributed by atoms with Crippen LogP contribution in [0.1, 0.15) is 6.42 Å². The first-order chi connectivity index (χ1) is 15.5. The van der Waals surface area contributed by atoms with E-state index in [1.54, 1.807) is 6.07 Å². The van der Waals surface area contributed by atoms with E-state index in [2.05, 4.69) is 20.1 Å². The SMILES string of the molecule is CNCCN(C)c1ccc(-c2cc(N3CCC(CO)C3)c3cc(F)c(OC)cc3n2)cn1. The van der Waals surface area contributed by atoms with Gasteiger partial charge in [-0.05, 0) is 37.7 Å². The van der Waals surface area contributed by atoms with Gasteiger partial charge in [0.2, 0.25) is 0 Å². The highest BCUT2D eigenvalue weighted by Gasteiger charge is 2.25. The van der Waals surface area contributed by atoms with E-state index in [1.165, 1.54) is 13.2 Å². The van der Waals surface area contributed by atoms with Crippen molar-refractivity contribution in [2.45, 2.75) is 6.42 Å². The zero-order valence-electron chi connectivity index (χ0n) is 18.8. The van der Waals surface area contributed by atoms with Crippen LogP contribution in [0.2, 0.25) is 0 Å². The quantitative estimate of drug-likeness (QED) is 0.559. The van der Waals surface area contributed by atoms with Gasteiger partial charge in [0.15, 0.2) is 11.6 Å². The van der Waals surface area contributed by atoms with Crippen LogP contribution in [0.15, 0.2) is 36.5 Å². The number of benzene rings is 1. The fourth-order valence-electron chi connectivity index (χ4n) is 4.13. The average molecular weight is 440 g/mol. The summed E-state index contributed by atoms with van der Waals surface area (Å²) in [4.78, 5) is 13.7. The van der Waals surface area contributed by atoms with Crippen LogP contribution < -0.4 is 19.9 Å². The Kier molecular flexibility index (Phi) is 6.72. The molecule has 4 rings (SSSR count). The molecule has 3 aromatic rings. The molecule has 2 aromatic heterocycles. The van der Waals surface area contributed by atoms with Crippen LogP contribution in [0, 0.1) is 11.7 Å². The zero-order valence-corrected chi connectivity index (χ0v) is 18.8. The first kappa shape index (κ1) is 22.2. The summed E-state index contributed by atoms with van der Waals surface area (Å²) < 4.78 is 19.7. The van der Waals surface area contributed by atoms with Gasteiger partial charge in [-0.25, -0.2) is 14.4 Å². The lowest BCUT2D eigenvalue weighted by Crippen LogP contribution is -2.27. The maximum atomic E-state index is 14.5. The molecule has 1 saturated heterocycles. The maximum Gasteiger partial charge on any atom is 0.165 e. The van der Waals surface area contributed by atoms with Gasteiger partial charge in [-0.15, -0.1) is 0 Å². The summed E-state index contributed by atoms with van der Waals surface area (Å²) in [7, 11) is 5.39. The van der Waals surface area contributed by atoms with Gasteiger partial charge in [-0.1, -0.05) is 0 Å². The van der Waals surface area contributed by atoms with Crippen LogP contribution in [0.3, 0.4) is 0 Å². The molecule has 1 atom stereocenters. The third-order valence-electron chi connectivity index (χ3n) is 6.08. The lowest BCUT2D eigenvalue weighted by molar-refractivity contribution is 0.238. The average Bonchev–Trinajstić information content (AvgIpc) is 3.31. The van der Waals surface area contributed by atoms with E-state index in [1.807, 2.05) is 38.5 Å². The molecule has 170 valence electrons. The number of hydrogen-bond donors (Lipinski definition) is 2. The maximum absolute atomic E-state index is 14.5. The van der Waals surface area contributed by atoms with Crippen LogP contribution >= 0.6 is 0 Å². The molecule has 32 heavy (non-hydrogen) atoms. The summed E-state index contributed by atoms with van der Waals surface area (Å²) in [6.07, 6.45) is 2.73. The number of aliphatic hydroxyl groups excluding tert-OH is 1. The number of halogens is 1. The second kappa shape index (κ2) is 9.67. The summed E-state index contributed by atoms with van der Waals surface area (Å²) in [6, 6.07) is 9.13. The van der Waals surface area contributed by atoms with Crippen molar-refractivity contribution >= 4 is 22.4 Å². The number of pyridine rings is 2. The monoisotopic (exact) mass is 439 g/mol. The minimum atomic E-state index is -0.413. The van der Waals surface area contributed by atoms with E-state index in [0.717, 1.165) is 60.7 Å². The first-order valence-corrected chi connectivity index (χ1v) is 10.9. The summed E-state index contributed by atoms with van der Waals surface area (Å²) >= 11 is 0. The second-order valence-corrected chi connectivity index (χ2v) is 8.24. The number of rotatable bonds is 8. The van der Waals surface area contributed by atoms with Crippen LogP contribution in [0.4, 0.5) is 15.9 Å². The Morgan fingerprint density at radius 3 is 2.81 bits per heavy atom. The molecular formula is C24H30FN5O2. The lowest BCUT2D eigenvalue weighted by atomic mass is 10.1. The molecule has 0 amide bonds. The van der Waals surface area contributed by atoms with Gasteiger partial charge < -0.3 is 25.0 Å². The van der Waals surface area contributed by atoms with Gasteiger partial charge in [0, 0.05) is 74.7 Å². The number of fused-ring (bicyclic) bond motifs is 1. The third kappa shape index (κ3) is 4.47. The van der Waals surface area contributed by atoms with Gasteiger partial charge in [0.25, 0.3) is 0 Å².